The number of carbonyl (C=O) groups excluding carboxylic acids is 1. The van der Waals surface area contributed by atoms with Crippen molar-refractivity contribution in [2.45, 2.75) is 49.4 Å². The monoisotopic (exact) mass is 304 g/mol. The average molecular weight is 304 g/mol. The first kappa shape index (κ1) is 10.7. The Hall–Kier alpha value is 0.140. The number of halogens is 1. The van der Waals surface area contributed by atoms with Gasteiger partial charge in [0.05, 0.1) is 3.42 Å². The third kappa shape index (κ3) is 1.55. The fraction of sp³-hybridized carbons (Fsp3) is 0.750. The fourth-order valence-electron chi connectivity index (χ4n) is 2.76. The highest BCUT2D eigenvalue weighted by atomic mass is 127. The van der Waals surface area contributed by atoms with Crippen molar-refractivity contribution >= 4 is 28.4 Å². The van der Waals surface area contributed by atoms with Crippen molar-refractivity contribution in [3.63, 3.8) is 0 Å². The van der Waals surface area contributed by atoms with Gasteiger partial charge >= 0.3 is 0 Å². The minimum Gasteiger partial charge on any atom is -0.298 e. The summed E-state index contributed by atoms with van der Waals surface area (Å²) in [5, 5.41) is 0. The van der Waals surface area contributed by atoms with E-state index in [2.05, 4.69) is 36.4 Å². The van der Waals surface area contributed by atoms with Crippen molar-refractivity contribution in [2.24, 2.45) is 5.92 Å². The van der Waals surface area contributed by atoms with Gasteiger partial charge in [-0.1, -0.05) is 33.7 Å². The zero-order valence-electron chi connectivity index (χ0n) is 8.90. The van der Waals surface area contributed by atoms with Gasteiger partial charge in [-0.2, -0.15) is 0 Å². The summed E-state index contributed by atoms with van der Waals surface area (Å²) in [6.45, 7) is 4.42. The Morgan fingerprint density at radius 1 is 1.36 bits per heavy atom. The molecule has 0 aliphatic heterocycles. The predicted molar refractivity (Wildman–Crippen MR) is 66.7 cm³/mol. The first-order valence-corrected chi connectivity index (χ1v) is 6.49. The second kappa shape index (κ2) is 3.62. The summed E-state index contributed by atoms with van der Waals surface area (Å²) in [7, 11) is 0. The maximum Gasteiger partial charge on any atom is 0.149 e. The van der Waals surface area contributed by atoms with Crippen molar-refractivity contribution in [1.82, 2.24) is 0 Å². The van der Waals surface area contributed by atoms with E-state index >= 15 is 0 Å². The van der Waals surface area contributed by atoms with Crippen molar-refractivity contribution in [1.29, 1.82) is 0 Å². The maximum atomic E-state index is 12.0. The molecule has 1 fully saturated rings. The van der Waals surface area contributed by atoms with Crippen molar-refractivity contribution in [3.8, 4) is 0 Å². The van der Waals surface area contributed by atoms with E-state index in [-0.39, 0.29) is 3.42 Å². The van der Waals surface area contributed by atoms with Gasteiger partial charge in [-0.15, -0.1) is 0 Å². The molecule has 0 bridgehead atoms. The molecule has 2 atom stereocenters. The highest BCUT2D eigenvalue weighted by Crippen LogP contribution is 2.49. The molecule has 1 nitrogen and oxygen atoms in total. The van der Waals surface area contributed by atoms with Crippen LogP contribution in [0.5, 0.6) is 0 Å². The molecule has 0 saturated heterocycles. The van der Waals surface area contributed by atoms with Crippen LogP contribution < -0.4 is 0 Å². The smallest absolute Gasteiger partial charge is 0.149 e. The van der Waals surface area contributed by atoms with Crippen LogP contribution in [-0.4, -0.2) is 9.20 Å². The van der Waals surface area contributed by atoms with Gasteiger partial charge in [0.2, 0.25) is 0 Å². The third-order valence-corrected chi connectivity index (χ3v) is 5.73. The lowest BCUT2D eigenvalue weighted by Gasteiger charge is -2.42. The Kier molecular flexibility index (Phi) is 2.75. The first-order chi connectivity index (χ1) is 6.54. The Morgan fingerprint density at radius 2 is 2.07 bits per heavy atom. The van der Waals surface area contributed by atoms with Gasteiger partial charge in [0.1, 0.15) is 5.78 Å². The average Bonchev–Trinajstić information content (AvgIpc) is 2.11. The van der Waals surface area contributed by atoms with Gasteiger partial charge < -0.3 is 0 Å². The SMILES string of the molecule is CC1=C(C)C[C@]2(I)C(=O)CCC[C@@H]2C1. The summed E-state index contributed by atoms with van der Waals surface area (Å²) in [5.41, 5.74) is 2.97. The van der Waals surface area contributed by atoms with Gasteiger partial charge in [-0.25, -0.2) is 0 Å². The summed E-state index contributed by atoms with van der Waals surface area (Å²) in [4.78, 5) is 12.0. The van der Waals surface area contributed by atoms with Gasteiger partial charge in [0.25, 0.3) is 0 Å². The molecule has 0 radical (unpaired) electrons. The molecule has 2 aliphatic rings. The molecule has 0 aromatic carbocycles. The molecule has 2 rings (SSSR count). The molecule has 0 N–H and O–H groups in total. The molecule has 0 amide bonds. The topological polar surface area (TPSA) is 17.1 Å². The van der Waals surface area contributed by atoms with Gasteiger partial charge in [-0.3, -0.25) is 4.79 Å². The largest absolute Gasteiger partial charge is 0.298 e. The van der Waals surface area contributed by atoms with Crippen LogP contribution in [0.4, 0.5) is 0 Å². The number of hydrogen-bond acceptors (Lipinski definition) is 1. The number of alkyl halides is 1. The molecule has 0 unspecified atom stereocenters. The zero-order chi connectivity index (χ0) is 10.3. The quantitative estimate of drug-likeness (QED) is 0.379. The van der Waals surface area contributed by atoms with E-state index in [0.717, 1.165) is 25.7 Å². The summed E-state index contributed by atoms with van der Waals surface area (Å²) >= 11 is 2.43. The minimum atomic E-state index is -0.0421. The number of carbonyl (C=O) groups is 1. The van der Waals surface area contributed by atoms with E-state index < -0.39 is 0 Å². The second-order valence-corrected chi connectivity index (χ2v) is 6.74. The molecule has 1 saturated carbocycles. The van der Waals surface area contributed by atoms with E-state index in [1.54, 1.807) is 0 Å². The molecule has 0 aromatic rings. The van der Waals surface area contributed by atoms with Crippen LogP contribution in [0.25, 0.3) is 0 Å². The summed E-state index contributed by atoms with van der Waals surface area (Å²) in [6, 6.07) is 0. The Bertz CT molecular complexity index is 305. The Morgan fingerprint density at radius 3 is 2.79 bits per heavy atom. The highest BCUT2D eigenvalue weighted by Gasteiger charge is 2.46. The molecule has 78 valence electrons. The normalized spacial score (nSPS) is 38.5. The van der Waals surface area contributed by atoms with Crippen LogP contribution >= 0.6 is 22.6 Å². The van der Waals surface area contributed by atoms with E-state index in [1.165, 1.54) is 17.6 Å². The molecule has 0 spiro atoms. The molecule has 2 aliphatic carbocycles. The third-order valence-electron chi connectivity index (χ3n) is 3.87. The number of hydrogen-bond donors (Lipinski definition) is 0. The number of rotatable bonds is 0. The van der Waals surface area contributed by atoms with Gasteiger partial charge in [-0.05, 0) is 45.4 Å². The van der Waals surface area contributed by atoms with E-state index in [4.69, 9.17) is 0 Å². The Labute approximate surface area is 99.5 Å². The van der Waals surface area contributed by atoms with E-state index in [1.807, 2.05) is 0 Å². The standard InChI is InChI=1S/C12H17IO/c1-8-6-10-4-3-5-11(14)12(10,13)7-9(8)2/h10H,3-7H2,1-2H3/t10-,12-/m1/s1. The first-order valence-electron chi connectivity index (χ1n) is 5.41. The molecule has 0 aromatic heterocycles. The van der Waals surface area contributed by atoms with Crippen molar-refractivity contribution in [3.05, 3.63) is 11.1 Å². The Balaban J connectivity index is 2.33. The van der Waals surface area contributed by atoms with E-state index in [9.17, 15) is 4.79 Å². The van der Waals surface area contributed by atoms with E-state index in [0.29, 0.717) is 11.7 Å². The van der Waals surface area contributed by atoms with Crippen molar-refractivity contribution < 1.29 is 4.79 Å². The van der Waals surface area contributed by atoms with Crippen molar-refractivity contribution in [2.75, 3.05) is 0 Å². The van der Waals surface area contributed by atoms with Crippen LogP contribution in [-0.2, 0) is 4.79 Å². The van der Waals surface area contributed by atoms with Crippen LogP contribution in [0.3, 0.4) is 0 Å². The molecular formula is C12H17IO. The lowest BCUT2D eigenvalue weighted by atomic mass is 9.68. The molecule has 14 heavy (non-hydrogen) atoms. The van der Waals surface area contributed by atoms with Gasteiger partial charge in [0.15, 0.2) is 0 Å². The van der Waals surface area contributed by atoms with Crippen LogP contribution in [0.2, 0.25) is 0 Å². The van der Waals surface area contributed by atoms with Crippen LogP contribution in [0.15, 0.2) is 11.1 Å². The maximum absolute atomic E-state index is 12.0. The van der Waals surface area contributed by atoms with Gasteiger partial charge in [0, 0.05) is 6.42 Å². The summed E-state index contributed by atoms with van der Waals surface area (Å²) in [5.74, 6) is 1.12. The number of fused-ring (bicyclic) bond motifs is 1. The lowest BCUT2D eigenvalue weighted by Crippen LogP contribution is -2.45. The zero-order valence-corrected chi connectivity index (χ0v) is 11.1. The molecule has 2 heteroatoms. The summed E-state index contributed by atoms with van der Waals surface area (Å²) in [6.07, 6.45) is 5.33. The number of Topliss-reactive ketones (excluding diaryl/α,β-unsaturated/α-hetero) is 1. The predicted octanol–water partition coefficient (Wildman–Crippen LogP) is 3.66. The lowest BCUT2D eigenvalue weighted by molar-refractivity contribution is -0.124. The summed E-state index contributed by atoms with van der Waals surface area (Å²) < 4.78 is -0.0421. The second-order valence-electron chi connectivity index (χ2n) is 4.82. The highest BCUT2D eigenvalue weighted by molar-refractivity contribution is 14.1. The molecular weight excluding hydrogens is 287 g/mol. The number of allylic oxidation sites excluding steroid dienone is 2. The number of ketones is 1. The van der Waals surface area contributed by atoms with Crippen LogP contribution in [0.1, 0.15) is 46.0 Å². The molecule has 0 heterocycles. The fourth-order valence-corrected chi connectivity index (χ4v) is 4.13. The van der Waals surface area contributed by atoms with Crippen LogP contribution in [0, 0.1) is 5.92 Å². The minimum absolute atomic E-state index is 0.0421.